The van der Waals surface area contributed by atoms with E-state index in [-0.39, 0.29) is 47.4 Å². The summed E-state index contributed by atoms with van der Waals surface area (Å²) in [6.07, 6.45) is 5.45. The Kier molecular flexibility index (Phi) is 6.46. The second kappa shape index (κ2) is 9.30. The Morgan fingerprint density at radius 3 is 2.39 bits per heavy atom. The number of phenols is 1. The highest BCUT2D eigenvalue weighted by molar-refractivity contribution is 6.20. The number of allylic oxidation sites excluding steroid dienone is 2. The van der Waals surface area contributed by atoms with Gasteiger partial charge in [0.05, 0.1) is 12.7 Å². The molecular formula is C35H42O9. The standard InChI is InChI=1S/C35H42O9/c1-17(2)11-12-20-25(36)23-26(37)21-15-33(41-10)16-22-32(7,8)44-34(30(33)39,14-13-18(3)29(38)40-9)35(21,22)43-28(23)24-27(20)42-19(4)31(24,5)6/h11,13,15,19,22,36H,12,14,16H2,1-10H3/t19-,22+,33+,34+,35-/m0/s1. The molecule has 2 fully saturated rings. The number of rotatable bonds is 6. The second-order valence-electron chi connectivity index (χ2n) is 14.2. The average molecular weight is 607 g/mol. The van der Waals surface area contributed by atoms with Gasteiger partial charge in [-0.25, -0.2) is 4.79 Å². The van der Waals surface area contributed by atoms with Gasteiger partial charge in [0, 0.05) is 47.1 Å². The smallest absolute Gasteiger partial charge is 0.333 e. The number of esters is 1. The maximum Gasteiger partial charge on any atom is 0.333 e. The molecule has 0 radical (unpaired) electrons. The Hall–Kier alpha value is -3.43. The summed E-state index contributed by atoms with van der Waals surface area (Å²) < 4.78 is 31.3. The first-order valence-corrected chi connectivity index (χ1v) is 15.2. The van der Waals surface area contributed by atoms with Crippen LogP contribution in [0.15, 0.2) is 34.9 Å². The number of phenolic OH excluding ortho intramolecular Hbond substituents is 1. The van der Waals surface area contributed by atoms with Gasteiger partial charge in [0.15, 0.2) is 17.0 Å². The summed E-state index contributed by atoms with van der Waals surface area (Å²) in [4.78, 5) is 42.0. The highest BCUT2D eigenvalue weighted by atomic mass is 16.6. The molecule has 3 aliphatic heterocycles. The molecule has 6 aliphatic rings. The number of fused-ring (bicyclic) bond motifs is 3. The highest BCUT2D eigenvalue weighted by Crippen LogP contribution is 2.70. The summed E-state index contributed by atoms with van der Waals surface area (Å²) >= 11 is 0. The van der Waals surface area contributed by atoms with Gasteiger partial charge in [-0.3, -0.25) is 9.59 Å². The molecule has 1 saturated heterocycles. The molecule has 0 amide bonds. The molecule has 9 nitrogen and oxygen atoms in total. The molecule has 1 spiro atoms. The first-order chi connectivity index (χ1) is 20.5. The van der Waals surface area contributed by atoms with Crippen molar-refractivity contribution in [3.63, 3.8) is 0 Å². The van der Waals surface area contributed by atoms with Crippen LogP contribution in [0.1, 0.15) is 89.7 Å². The van der Waals surface area contributed by atoms with E-state index < -0.39 is 45.5 Å². The van der Waals surface area contributed by atoms with Crippen molar-refractivity contribution < 1.29 is 43.2 Å². The van der Waals surface area contributed by atoms with E-state index in [9.17, 15) is 19.5 Å². The fourth-order valence-corrected chi connectivity index (χ4v) is 8.18. The van der Waals surface area contributed by atoms with Crippen molar-refractivity contribution in [2.45, 2.75) is 109 Å². The summed E-state index contributed by atoms with van der Waals surface area (Å²) in [5, 5.41) is 11.8. The molecule has 3 heterocycles. The van der Waals surface area contributed by atoms with Gasteiger partial charge in [-0.1, -0.05) is 31.6 Å². The van der Waals surface area contributed by atoms with Crippen LogP contribution < -0.4 is 9.47 Å². The Morgan fingerprint density at radius 1 is 1.09 bits per heavy atom. The number of methoxy groups -OCH3 is 2. The number of Topliss-reactive ketones (excluding diaryl/α,β-unsaturated/α-hetero) is 2. The molecule has 4 bridgehead atoms. The molecular weight excluding hydrogens is 564 g/mol. The Morgan fingerprint density at radius 2 is 1.77 bits per heavy atom. The maximum absolute atomic E-state index is 14.9. The van der Waals surface area contributed by atoms with Crippen LogP contribution in [0.5, 0.6) is 17.2 Å². The monoisotopic (exact) mass is 606 g/mol. The van der Waals surface area contributed by atoms with E-state index >= 15 is 0 Å². The lowest BCUT2D eigenvalue weighted by Gasteiger charge is -2.59. The third-order valence-corrected chi connectivity index (χ3v) is 10.9. The Bertz CT molecular complexity index is 1620. The largest absolute Gasteiger partial charge is 0.507 e. The molecule has 5 atom stereocenters. The van der Waals surface area contributed by atoms with Gasteiger partial charge in [0.25, 0.3) is 0 Å². The van der Waals surface area contributed by atoms with Gasteiger partial charge in [0.2, 0.25) is 5.78 Å². The zero-order chi connectivity index (χ0) is 32.4. The van der Waals surface area contributed by atoms with Gasteiger partial charge in [-0.05, 0) is 60.5 Å². The normalized spacial score (nSPS) is 33.5. The number of ketones is 2. The van der Waals surface area contributed by atoms with Crippen molar-refractivity contribution in [3.05, 3.63) is 51.6 Å². The number of carbonyl (C=O) groups is 3. The third kappa shape index (κ3) is 3.51. The van der Waals surface area contributed by atoms with Crippen molar-refractivity contribution in [2.24, 2.45) is 5.92 Å². The average Bonchev–Trinajstić information content (AvgIpc) is 3.29. The minimum absolute atomic E-state index is 0.0547. The van der Waals surface area contributed by atoms with Crippen LogP contribution in [-0.4, -0.2) is 65.4 Å². The zero-order valence-corrected chi connectivity index (χ0v) is 27.2. The second-order valence-corrected chi connectivity index (χ2v) is 14.2. The number of aromatic hydroxyl groups is 1. The minimum atomic E-state index is -1.71. The number of hydrogen-bond acceptors (Lipinski definition) is 9. The molecule has 1 aromatic rings. The van der Waals surface area contributed by atoms with Gasteiger partial charge in [0.1, 0.15) is 34.5 Å². The maximum atomic E-state index is 14.9. The number of benzene rings is 1. The lowest BCUT2D eigenvalue weighted by Crippen LogP contribution is -2.77. The fraction of sp³-hybridized carbons (Fsp3) is 0.571. The molecule has 9 heteroatoms. The summed E-state index contributed by atoms with van der Waals surface area (Å²) in [6.45, 7) is 15.3. The van der Waals surface area contributed by atoms with Crippen molar-refractivity contribution in [1.29, 1.82) is 0 Å². The molecule has 1 saturated carbocycles. The lowest BCUT2D eigenvalue weighted by atomic mass is 9.49. The van der Waals surface area contributed by atoms with Crippen molar-refractivity contribution in [2.75, 3.05) is 14.2 Å². The molecule has 1 N–H and O–H groups in total. The number of ether oxygens (including phenoxy) is 5. The summed E-state index contributed by atoms with van der Waals surface area (Å²) in [7, 11) is 2.74. The number of hydrogen-bond donors (Lipinski definition) is 1. The zero-order valence-electron chi connectivity index (χ0n) is 27.2. The number of carbonyl (C=O) groups excluding carboxylic acids is 3. The van der Waals surface area contributed by atoms with Crippen LogP contribution >= 0.6 is 0 Å². The van der Waals surface area contributed by atoms with Crippen LogP contribution in [0, 0.1) is 5.92 Å². The van der Waals surface area contributed by atoms with Crippen molar-refractivity contribution >= 4 is 17.5 Å². The van der Waals surface area contributed by atoms with E-state index in [1.54, 1.807) is 19.1 Å². The molecule has 0 unspecified atom stereocenters. The highest BCUT2D eigenvalue weighted by Gasteiger charge is 2.84. The van der Waals surface area contributed by atoms with E-state index in [1.807, 2.05) is 54.5 Å². The van der Waals surface area contributed by atoms with E-state index in [0.29, 0.717) is 28.9 Å². The SMILES string of the molecule is COC(=O)C(C)=CC[C@]12OC(C)(C)[C@H]3C[C@](OC)(C=C4C(=O)c5c(O)c(CC=C(C)C)c6c(c5O[C@@]431)C(C)(C)[C@H](C)O6)C2=O. The molecule has 0 aromatic heterocycles. The van der Waals surface area contributed by atoms with Gasteiger partial charge >= 0.3 is 5.97 Å². The quantitative estimate of drug-likeness (QED) is 0.263. The first kappa shape index (κ1) is 30.6. The van der Waals surface area contributed by atoms with Crippen LogP contribution in [0.25, 0.3) is 0 Å². The summed E-state index contributed by atoms with van der Waals surface area (Å²) in [5.74, 6) is -1.29. The molecule has 7 rings (SSSR count). The van der Waals surface area contributed by atoms with Crippen LogP contribution in [-0.2, 0) is 35.6 Å². The lowest BCUT2D eigenvalue weighted by molar-refractivity contribution is -0.190. The third-order valence-electron chi connectivity index (χ3n) is 10.9. The molecule has 236 valence electrons. The van der Waals surface area contributed by atoms with Crippen LogP contribution in [0.3, 0.4) is 0 Å². The van der Waals surface area contributed by atoms with E-state index in [1.165, 1.54) is 14.2 Å². The van der Waals surface area contributed by atoms with E-state index in [0.717, 1.165) is 5.57 Å². The van der Waals surface area contributed by atoms with Gasteiger partial charge in [-0.2, -0.15) is 0 Å². The Labute approximate surface area is 258 Å². The van der Waals surface area contributed by atoms with Gasteiger partial charge in [-0.15, -0.1) is 0 Å². The predicted octanol–water partition coefficient (Wildman–Crippen LogP) is 5.24. The topological polar surface area (TPSA) is 118 Å². The molecule has 1 aromatic carbocycles. The molecule has 3 aliphatic carbocycles. The van der Waals surface area contributed by atoms with E-state index in [4.69, 9.17) is 23.7 Å². The van der Waals surface area contributed by atoms with E-state index in [2.05, 4.69) is 0 Å². The summed E-state index contributed by atoms with van der Waals surface area (Å²) in [5.41, 5.74) is -3.38. The van der Waals surface area contributed by atoms with Gasteiger partial charge < -0.3 is 28.8 Å². The Balaban J connectivity index is 1.68. The van der Waals surface area contributed by atoms with Crippen LogP contribution in [0.4, 0.5) is 0 Å². The minimum Gasteiger partial charge on any atom is -0.507 e. The van der Waals surface area contributed by atoms with Crippen molar-refractivity contribution in [3.8, 4) is 17.2 Å². The van der Waals surface area contributed by atoms with Crippen molar-refractivity contribution in [1.82, 2.24) is 0 Å². The summed E-state index contributed by atoms with van der Waals surface area (Å²) in [6, 6.07) is 0. The van der Waals surface area contributed by atoms with Crippen LogP contribution in [0.2, 0.25) is 0 Å². The first-order valence-electron chi connectivity index (χ1n) is 15.2. The predicted molar refractivity (Wildman–Crippen MR) is 161 cm³/mol. The fourth-order valence-electron chi connectivity index (χ4n) is 8.18. The molecule has 44 heavy (non-hydrogen) atoms.